The number of hydrogen-bond donors (Lipinski definition) is 0. The maximum absolute atomic E-state index is 13.3. The molecule has 1 amide bonds. The van der Waals surface area contributed by atoms with Crippen molar-refractivity contribution in [2.24, 2.45) is 5.92 Å². The van der Waals surface area contributed by atoms with Crippen molar-refractivity contribution in [1.29, 1.82) is 0 Å². The fourth-order valence-corrected chi connectivity index (χ4v) is 3.82. The molecule has 1 saturated heterocycles. The Morgan fingerprint density at radius 2 is 1.64 bits per heavy atom. The first-order chi connectivity index (χ1) is 12.1. The SMILES string of the molecule is CC1CN(C)C(C)CC1N(Cc1ccccc1)C(=O)c1ccccc1. The summed E-state index contributed by atoms with van der Waals surface area (Å²) in [6, 6.07) is 20.7. The fourth-order valence-electron chi connectivity index (χ4n) is 3.82. The summed E-state index contributed by atoms with van der Waals surface area (Å²) in [5.74, 6) is 0.593. The molecular formula is C22H28N2O. The molecule has 132 valence electrons. The van der Waals surface area contributed by atoms with Gasteiger partial charge in [0.05, 0.1) is 0 Å². The van der Waals surface area contributed by atoms with Crippen molar-refractivity contribution < 1.29 is 4.79 Å². The number of likely N-dealkylation sites (tertiary alicyclic amines) is 1. The first-order valence-electron chi connectivity index (χ1n) is 9.16. The summed E-state index contributed by atoms with van der Waals surface area (Å²) in [5.41, 5.74) is 1.96. The highest BCUT2D eigenvalue weighted by Gasteiger charge is 2.35. The molecule has 25 heavy (non-hydrogen) atoms. The number of benzene rings is 2. The van der Waals surface area contributed by atoms with E-state index in [4.69, 9.17) is 0 Å². The van der Waals surface area contributed by atoms with Gasteiger partial charge in [-0.05, 0) is 44.0 Å². The minimum atomic E-state index is 0.137. The van der Waals surface area contributed by atoms with Crippen LogP contribution in [0, 0.1) is 5.92 Å². The second-order valence-electron chi connectivity index (χ2n) is 7.35. The third-order valence-electron chi connectivity index (χ3n) is 5.45. The summed E-state index contributed by atoms with van der Waals surface area (Å²) >= 11 is 0. The highest BCUT2D eigenvalue weighted by Crippen LogP contribution is 2.28. The number of nitrogens with zero attached hydrogens (tertiary/aromatic N) is 2. The van der Waals surface area contributed by atoms with E-state index >= 15 is 0 Å². The summed E-state index contributed by atoms with van der Waals surface area (Å²) in [6.45, 7) is 6.22. The Bertz CT molecular complexity index is 686. The second kappa shape index (κ2) is 7.83. The van der Waals surface area contributed by atoms with E-state index < -0.39 is 0 Å². The molecule has 3 rings (SSSR count). The maximum Gasteiger partial charge on any atom is 0.254 e. The van der Waals surface area contributed by atoms with Crippen LogP contribution in [0.3, 0.4) is 0 Å². The average Bonchev–Trinajstić information content (AvgIpc) is 2.64. The van der Waals surface area contributed by atoms with Gasteiger partial charge >= 0.3 is 0 Å². The minimum Gasteiger partial charge on any atom is -0.331 e. The van der Waals surface area contributed by atoms with Gasteiger partial charge in [0, 0.05) is 30.7 Å². The summed E-state index contributed by atoms with van der Waals surface area (Å²) < 4.78 is 0. The van der Waals surface area contributed by atoms with Crippen LogP contribution in [0.25, 0.3) is 0 Å². The highest BCUT2D eigenvalue weighted by molar-refractivity contribution is 5.94. The third kappa shape index (κ3) is 4.10. The Labute approximate surface area is 151 Å². The highest BCUT2D eigenvalue weighted by atomic mass is 16.2. The van der Waals surface area contributed by atoms with E-state index in [0.29, 0.717) is 18.5 Å². The number of hydrogen-bond acceptors (Lipinski definition) is 2. The van der Waals surface area contributed by atoms with Gasteiger partial charge in [-0.2, -0.15) is 0 Å². The Hall–Kier alpha value is -2.13. The normalized spacial score (nSPS) is 24.0. The first kappa shape index (κ1) is 17.7. The molecule has 1 aliphatic heterocycles. The molecule has 0 aromatic heterocycles. The predicted octanol–water partition coefficient (Wildman–Crippen LogP) is 4.06. The number of piperidine rings is 1. The van der Waals surface area contributed by atoms with Crippen LogP contribution in [0.4, 0.5) is 0 Å². The first-order valence-corrected chi connectivity index (χ1v) is 9.16. The van der Waals surface area contributed by atoms with Gasteiger partial charge in [0.25, 0.3) is 5.91 Å². The van der Waals surface area contributed by atoms with Crippen LogP contribution in [-0.2, 0) is 6.54 Å². The molecule has 0 spiro atoms. The third-order valence-corrected chi connectivity index (χ3v) is 5.45. The van der Waals surface area contributed by atoms with E-state index in [1.807, 2.05) is 48.5 Å². The van der Waals surface area contributed by atoms with Crippen LogP contribution in [0.5, 0.6) is 0 Å². The lowest BCUT2D eigenvalue weighted by Crippen LogP contribution is -2.53. The van der Waals surface area contributed by atoms with Crippen molar-refractivity contribution in [1.82, 2.24) is 9.80 Å². The molecule has 1 fully saturated rings. The van der Waals surface area contributed by atoms with E-state index in [0.717, 1.165) is 18.5 Å². The van der Waals surface area contributed by atoms with Crippen molar-refractivity contribution in [3.8, 4) is 0 Å². The van der Waals surface area contributed by atoms with Crippen LogP contribution < -0.4 is 0 Å². The van der Waals surface area contributed by atoms with Crippen molar-refractivity contribution in [2.45, 2.75) is 38.9 Å². The Morgan fingerprint density at radius 1 is 1.04 bits per heavy atom. The molecule has 3 heteroatoms. The van der Waals surface area contributed by atoms with Crippen molar-refractivity contribution in [3.63, 3.8) is 0 Å². The molecule has 3 nitrogen and oxygen atoms in total. The lowest BCUT2D eigenvalue weighted by atomic mass is 9.88. The Balaban J connectivity index is 1.90. The molecule has 3 atom stereocenters. The van der Waals surface area contributed by atoms with Gasteiger partial charge in [-0.15, -0.1) is 0 Å². The summed E-state index contributed by atoms with van der Waals surface area (Å²) in [6.07, 6.45) is 1.02. The van der Waals surface area contributed by atoms with Crippen LogP contribution in [0.1, 0.15) is 36.2 Å². The molecular weight excluding hydrogens is 308 g/mol. The molecule has 1 heterocycles. The minimum absolute atomic E-state index is 0.137. The van der Waals surface area contributed by atoms with Gasteiger partial charge in [0.1, 0.15) is 0 Å². The van der Waals surface area contributed by atoms with Gasteiger partial charge in [0.15, 0.2) is 0 Å². The molecule has 3 unspecified atom stereocenters. The topological polar surface area (TPSA) is 23.6 Å². The Kier molecular flexibility index (Phi) is 5.54. The molecule has 0 saturated carbocycles. The summed E-state index contributed by atoms with van der Waals surface area (Å²) in [7, 11) is 2.18. The van der Waals surface area contributed by atoms with Gasteiger partial charge in [-0.3, -0.25) is 4.79 Å². The lowest BCUT2D eigenvalue weighted by Gasteiger charge is -2.45. The van der Waals surface area contributed by atoms with Crippen LogP contribution >= 0.6 is 0 Å². The zero-order valence-corrected chi connectivity index (χ0v) is 15.4. The van der Waals surface area contributed by atoms with Crippen LogP contribution in [-0.4, -0.2) is 41.4 Å². The lowest BCUT2D eigenvalue weighted by molar-refractivity contribution is 0.0313. The molecule has 0 aliphatic carbocycles. The number of carbonyl (C=O) groups is 1. The van der Waals surface area contributed by atoms with E-state index in [9.17, 15) is 4.79 Å². The summed E-state index contributed by atoms with van der Waals surface area (Å²) in [5, 5.41) is 0. The molecule has 2 aromatic rings. The summed E-state index contributed by atoms with van der Waals surface area (Å²) in [4.78, 5) is 17.8. The monoisotopic (exact) mass is 336 g/mol. The largest absolute Gasteiger partial charge is 0.331 e. The average molecular weight is 336 g/mol. The zero-order chi connectivity index (χ0) is 17.8. The zero-order valence-electron chi connectivity index (χ0n) is 15.4. The van der Waals surface area contributed by atoms with Crippen molar-refractivity contribution in [3.05, 3.63) is 71.8 Å². The van der Waals surface area contributed by atoms with E-state index in [-0.39, 0.29) is 11.9 Å². The van der Waals surface area contributed by atoms with Crippen LogP contribution in [0.2, 0.25) is 0 Å². The molecule has 0 N–H and O–H groups in total. The molecule has 0 radical (unpaired) electrons. The van der Waals surface area contributed by atoms with E-state index in [1.54, 1.807) is 0 Å². The predicted molar refractivity (Wildman–Crippen MR) is 102 cm³/mol. The van der Waals surface area contributed by atoms with Gasteiger partial charge < -0.3 is 9.80 Å². The quantitative estimate of drug-likeness (QED) is 0.841. The van der Waals surface area contributed by atoms with Gasteiger partial charge in [0.2, 0.25) is 0 Å². The van der Waals surface area contributed by atoms with E-state index in [1.165, 1.54) is 5.56 Å². The molecule has 0 bridgehead atoms. The standard InChI is InChI=1S/C22H28N2O/c1-17-15-23(3)18(2)14-21(17)24(16-19-10-6-4-7-11-19)22(25)20-12-8-5-9-13-20/h4-13,17-18,21H,14-16H2,1-3H3. The van der Waals surface area contributed by atoms with Crippen molar-refractivity contribution in [2.75, 3.05) is 13.6 Å². The van der Waals surface area contributed by atoms with E-state index in [2.05, 4.69) is 42.8 Å². The number of carbonyl (C=O) groups excluding carboxylic acids is 1. The van der Waals surface area contributed by atoms with Gasteiger partial charge in [-0.1, -0.05) is 55.5 Å². The van der Waals surface area contributed by atoms with Gasteiger partial charge in [-0.25, -0.2) is 0 Å². The smallest absolute Gasteiger partial charge is 0.254 e. The molecule has 2 aromatic carbocycles. The maximum atomic E-state index is 13.3. The number of amides is 1. The van der Waals surface area contributed by atoms with Crippen molar-refractivity contribution >= 4 is 5.91 Å². The second-order valence-corrected chi connectivity index (χ2v) is 7.35. The van der Waals surface area contributed by atoms with Crippen LogP contribution in [0.15, 0.2) is 60.7 Å². The molecule has 1 aliphatic rings. The fraction of sp³-hybridized carbons (Fsp3) is 0.409. The Morgan fingerprint density at radius 3 is 2.28 bits per heavy atom. The number of rotatable bonds is 4.